The van der Waals surface area contributed by atoms with Gasteiger partial charge in [-0.2, -0.15) is 0 Å². The van der Waals surface area contributed by atoms with Gasteiger partial charge in [-0.05, 0) is 25.9 Å². The molecule has 0 saturated carbocycles. The lowest BCUT2D eigenvalue weighted by Gasteiger charge is -2.23. The first-order valence-corrected chi connectivity index (χ1v) is 7.09. The van der Waals surface area contributed by atoms with Crippen LogP contribution >= 0.6 is 11.3 Å². The Bertz CT molecular complexity index is 286. The Balaban J connectivity index is 1.87. The molecule has 2 heterocycles. The minimum atomic E-state index is 0.681. The molecular weight excluding hydrogens is 218 g/mol. The van der Waals surface area contributed by atoms with Crippen molar-refractivity contribution in [3.8, 4) is 0 Å². The number of nitrogens with one attached hydrogen (secondary N) is 1. The second-order valence-electron chi connectivity index (χ2n) is 4.50. The molecule has 1 aliphatic heterocycles. The molecule has 1 N–H and O–H groups in total. The van der Waals surface area contributed by atoms with E-state index in [9.17, 15) is 0 Å². The first-order valence-electron chi connectivity index (χ1n) is 6.21. The molecule has 4 heteroatoms. The van der Waals surface area contributed by atoms with Crippen molar-refractivity contribution >= 4 is 11.3 Å². The molecule has 1 fully saturated rings. The minimum Gasteiger partial charge on any atom is -0.313 e. The van der Waals surface area contributed by atoms with Gasteiger partial charge in [0, 0.05) is 30.2 Å². The molecule has 0 bridgehead atoms. The fourth-order valence-corrected chi connectivity index (χ4v) is 2.94. The second kappa shape index (κ2) is 6.33. The average Bonchev–Trinajstić information content (AvgIpc) is 2.67. The predicted molar refractivity (Wildman–Crippen MR) is 68.7 cm³/mol. The molecule has 1 aromatic rings. The van der Waals surface area contributed by atoms with E-state index in [1.807, 2.05) is 11.7 Å². The molecule has 1 atom stereocenters. The van der Waals surface area contributed by atoms with Crippen molar-refractivity contribution in [2.45, 2.75) is 38.8 Å². The molecule has 0 spiro atoms. The van der Waals surface area contributed by atoms with E-state index in [1.165, 1.54) is 43.8 Å². The van der Waals surface area contributed by atoms with E-state index in [2.05, 4.69) is 22.1 Å². The zero-order chi connectivity index (χ0) is 11.2. The van der Waals surface area contributed by atoms with Gasteiger partial charge in [-0.1, -0.05) is 13.3 Å². The Labute approximate surface area is 102 Å². The van der Waals surface area contributed by atoms with Gasteiger partial charge in [0.2, 0.25) is 0 Å². The molecule has 1 aliphatic rings. The van der Waals surface area contributed by atoms with Gasteiger partial charge in [-0.25, -0.2) is 0 Å². The molecule has 1 unspecified atom stereocenters. The Morgan fingerprint density at radius 1 is 1.62 bits per heavy atom. The normalized spacial score (nSPS) is 23.2. The van der Waals surface area contributed by atoms with Crippen LogP contribution in [0, 0.1) is 0 Å². The smallest absolute Gasteiger partial charge is 0.0794 e. The molecular formula is C12H21N3S. The number of nitrogens with zero attached hydrogens (tertiary/aromatic N) is 2. The van der Waals surface area contributed by atoms with E-state index < -0.39 is 0 Å². The van der Waals surface area contributed by atoms with Crippen LogP contribution in [-0.2, 0) is 6.54 Å². The summed E-state index contributed by atoms with van der Waals surface area (Å²) in [6, 6.07) is 0.681. The van der Waals surface area contributed by atoms with Crippen LogP contribution in [0.1, 0.15) is 31.1 Å². The highest BCUT2D eigenvalue weighted by Crippen LogP contribution is 2.13. The van der Waals surface area contributed by atoms with E-state index in [1.54, 1.807) is 11.3 Å². The Morgan fingerprint density at radius 2 is 2.56 bits per heavy atom. The average molecular weight is 239 g/mol. The number of hydrogen-bond donors (Lipinski definition) is 1. The number of thiazole rings is 1. The Morgan fingerprint density at radius 3 is 3.31 bits per heavy atom. The highest BCUT2D eigenvalue weighted by atomic mass is 32.1. The zero-order valence-corrected chi connectivity index (χ0v) is 10.8. The van der Waals surface area contributed by atoms with E-state index >= 15 is 0 Å². The topological polar surface area (TPSA) is 28.2 Å². The number of rotatable bonds is 4. The molecule has 90 valence electrons. The van der Waals surface area contributed by atoms with Gasteiger partial charge in [0.15, 0.2) is 0 Å². The van der Waals surface area contributed by atoms with Gasteiger partial charge >= 0.3 is 0 Å². The van der Waals surface area contributed by atoms with Gasteiger partial charge in [-0.15, -0.1) is 11.3 Å². The van der Waals surface area contributed by atoms with Crippen molar-refractivity contribution < 1.29 is 0 Å². The van der Waals surface area contributed by atoms with E-state index in [4.69, 9.17) is 0 Å². The van der Waals surface area contributed by atoms with Gasteiger partial charge in [0.1, 0.15) is 0 Å². The largest absolute Gasteiger partial charge is 0.313 e. The molecule has 16 heavy (non-hydrogen) atoms. The van der Waals surface area contributed by atoms with Crippen LogP contribution in [0.5, 0.6) is 0 Å². The fourth-order valence-electron chi connectivity index (χ4n) is 2.30. The van der Waals surface area contributed by atoms with Crippen LogP contribution in [0.4, 0.5) is 0 Å². The molecule has 2 rings (SSSR count). The monoisotopic (exact) mass is 239 g/mol. The van der Waals surface area contributed by atoms with E-state index in [0.717, 1.165) is 6.54 Å². The zero-order valence-electron chi connectivity index (χ0n) is 9.98. The highest BCUT2D eigenvalue weighted by Gasteiger charge is 2.17. The molecule has 0 aromatic carbocycles. The van der Waals surface area contributed by atoms with E-state index in [0.29, 0.717) is 6.04 Å². The van der Waals surface area contributed by atoms with Gasteiger partial charge in [0.25, 0.3) is 0 Å². The summed E-state index contributed by atoms with van der Waals surface area (Å²) in [6.07, 6.45) is 5.82. The maximum atomic E-state index is 4.14. The molecule has 0 aliphatic carbocycles. The molecule has 0 radical (unpaired) electrons. The number of aromatic nitrogens is 1. The molecule has 1 aromatic heterocycles. The summed E-state index contributed by atoms with van der Waals surface area (Å²) in [6.45, 7) is 6.91. The Kier molecular flexibility index (Phi) is 4.75. The summed E-state index contributed by atoms with van der Waals surface area (Å²) in [7, 11) is 0. The van der Waals surface area contributed by atoms with Crippen molar-refractivity contribution in [3.05, 3.63) is 16.6 Å². The summed E-state index contributed by atoms with van der Waals surface area (Å²) < 4.78 is 0. The van der Waals surface area contributed by atoms with Crippen molar-refractivity contribution in [2.24, 2.45) is 0 Å². The molecule has 3 nitrogen and oxygen atoms in total. The van der Waals surface area contributed by atoms with Gasteiger partial charge < -0.3 is 5.32 Å². The van der Waals surface area contributed by atoms with Crippen molar-refractivity contribution in [1.82, 2.24) is 15.2 Å². The van der Waals surface area contributed by atoms with Crippen molar-refractivity contribution in [2.75, 3.05) is 19.6 Å². The fraction of sp³-hybridized carbons (Fsp3) is 0.750. The van der Waals surface area contributed by atoms with Crippen LogP contribution in [0.2, 0.25) is 0 Å². The van der Waals surface area contributed by atoms with Crippen LogP contribution in [0.15, 0.2) is 11.7 Å². The van der Waals surface area contributed by atoms with E-state index in [-0.39, 0.29) is 0 Å². The van der Waals surface area contributed by atoms with Gasteiger partial charge in [0.05, 0.1) is 5.51 Å². The maximum Gasteiger partial charge on any atom is 0.0794 e. The molecule has 0 amide bonds. The minimum absolute atomic E-state index is 0.681. The standard InChI is InChI=1S/C12H21N3S/c1-2-4-11-8-15(6-3-5-14-11)9-12-7-13-10-16-12/h7,10-11,14H,2-6,8-9H2,1H3. The SMILES string of the molecule is CCCC1CN(Cc2cncs2)CCCN1. The van der Waals surface area contributed by atoms with Crippen LogP contribution < -0.4 is 5.32 Å². The summed E-state index contributed by atoms with van der Waals surface area (Å²) in [5, 5.41) is 3.64. The number of hydrogen-bond acceptors (Lipinski definition) is 4. The third kappa shape index (κ3) is 3.54. The first kappa shape index (κ1) is 12.0. The highest BCUT2D eigenvalue weighted by molar-refractivity contribution is 7.09. The third-order valence-corrected chi connectivity index (χ3v) is 3.83. The third-order valence-electron chi connectivity index (χ3n) is 3.06. The summed E-state index contributed by atoms with van der Waals surface area (Å²) >= 11 is 1.76. The molecule has 1 saturated heterocycles. The van der Waals surface area contributed by atoms with Crippen LogP contribution in [-0.4, -0.2) is 35.6 Å². The lowest BCUT2D eigenvalue weighted by atomic mass is 10.1. The summed E-state index contributed by atoms with van der Waals surface area (Å²) in [5.74, 6) is 0. The van der Waals surface area contributed by atoms with Crippen LogP contribution in [0.3, 0.4) is 0 Å². The van der Waals surface area contributed by atoms with Crippen LogP contribution in [0.25, 0.3) is 0 Å². The summed E-state index contributed by atoms with van der Waals surface area (Å²) in [4.78, 5) is 8.09. The summed E-state index contributed by atoms with van der Waals surface area (Å²) in [5.41, 5.74) is 1.93. The Hall–Kier alpha value is -0.450. The second-order valence-corrected chi connectivity index (χ2v) is 5.47. The lowest BCUT2D eigenvalue weighted by molar-refractivity contribution is 0.257. The van der Waals surface area contributed by atoms with Crippen molar-refractivity contribution in [3.63, 3.8) is 0 Å². The first-order chi connectivity index (χ1) is 7.88. The maximum absolute atomic E-state index is 4.14. The lowest BCUT2D eigenvalue weighted by Crippen LogP contribution is -2.37. The predicted octanol–water partition coefficient (Wildman–Crippen LogP) is 2.11. The van der Waals surface area contributed by atoms with Crippen molar-refractivity contribution in [1.29, 1.82) is 0 Å². The quantitative estimate of drug-likeness (QED) is 0.872. The van der Waals surface area contributed by atoms with Gasteiger partial charge in [-0.3, -0.25) is 9.88 Å².